The second-order valence-electron chi connectivity index (χ2n) is 8.15. The molecule has 5 rings (SSSR count). The molecule has 2 aromatic heterocycles. The van der Waals surface area contributed by atoms with E-state index in [4.69, 9.17) is 14.5 Å². The molecule has 8 nitrogen and oxygen atoms in total. The molecule has 36 heavy (non-hydrogen) atoms. The van der Waals surface area contributed by atoms with Gasteiger partial charge < -0.3 is 24.8 Å². The lowest BCUT2D eigenvalue weighted by Crippen LogP contribution is -1.99. The summed E-state index contributed by atoms with van der Waals surface area (Å²) in [5, 5.41) is 30.0. The van der Waals surface area contributed by atoms with E-state index in [-0.39, 0.29) is 19.8 Å². The number of aliphatic hydroxyl groups excluding tert-OH is 3. The fraction of sp³-hybridized carbons (Fsp3) is 0.185. The van der Waals surface area contributed by atoms with Crippen LogP contribution < -0.4 is 9.47 Å². The zero-order valence-electron chi connectivity index (χ0n) is 19.8. The van der Waals surface area contributed by atoms with Crippen molar-refractivity contribution >= 4 is 21.6 Å². The van der Waals surface area contributed by atoms with E-state index in [0.717, 1.165) is 37.8 Å². The highest BCUT2D eigenvalue weighted by molar-refractivity contribution is 7.22. The molecule has 184 valence electrons. The van der Waals surface area contributed by atoms with Crippen molar-refractivity contribution in [2.24, 2.45) is 0 Å². The Bertz CT molecular complexity index is 1500. The van der Waals surface area contributed by atoms with Crippen LogP contribution in [-0.2, 0) is 19.8 Å². The Morgan fingerprint density at radius 3 is 2.36 bits per heavy atom. The Morgan fingerprint density at radius 2 is 1.69 bits per heavy atom. The van der Waals surface area contributed by atoms with Crippen LogP contribution in [-0.4, -0.2) is 44.1 Å². The van der Waals surface area contributed by atoms with Crippen LogP contribution in [0.4, 0.5) is 0 Å². The van der Waals surface area contributed by atoms with Gasteiger partial charge in [-0.05, 0) is 59.7 Å². The average Bonchev–Trinajstić information content (AvgIpc) is 3.59. The van der Waals surface area contributed by atoms with E-state index in [9.17, 15) is 15.3 Å². The van der Waals surface area contributed by atoms with E-state index in [0.29, 0.717) is 28.1 Å². The SMILES string of the molecule is COc1cc(CO)cc(-c2cncn2-c2ccc(-c3nc4cc(CO)c(CO)c(OC)c4s3)cc2)c1. The monoisotopic (exact) mass is 503 g/mol. The maximum absolute atomic E-state index is 9.80. The second-order valence-corrected chi connectivity index (χ2v) is 9.15. The minimum Gasteiger partial charge on any atom is -0.497 e. The van der Waals surface area contributed by atoms with Crippen LogP contribution in [0.15, 0.2) is 61.1 Å². The molecule has 3 aromatic carbocycles. The lowest BCUT2D eigenvalue weighted by atomic mass is 10.1. The molecule has 0 radical (unpaired) electrons. The first-order valence-corrected chi connectivity index (χ1v) is 12.0. The fourth-order valence-corrected chi connectivity index (χ4v) is 5.38. The molecule has 0 spiro atoms. The summed E-state index contributed by atoms with van der Waals surface area (Å²) in [5.41, 5.74) is 6.26. The Morgan fingerprint density at radius 1 is 0.889 bits per heavy atom. The molecule has 0 saturated carbocycles. The van der Waals surface area contributed by atoms with E-state index in [1.54, 1.807) is 38.9 Å². The molecule has 0 fully saturated rings. The number of imidazole rings is 1. The van der Waals surface area contributed by atoms with Gasteiger partial charge in [0.15, 0.2) is 0 Å². The van der Waals surface area contributed by atoms with E-state index in [1.807, 2.05) is 41.0 Å². The highest BCUT2D eigenvalue weighted by atomic mass is 32.1. The molecular formula is C27H25N3O5S. The number of thiazole rings is 1. The van der Waals surface area contributed by atoms with Gasteiger partial charge in [-0.3, -0.25) is 4.57 Å². The number of nitrogens with zero attached hydrogens (tertiary/aromatic N) is 3. The predicted molar refractivity (Wildman–Crippen MR) is 138 cm³/mol. The minimum absolute atomic E-state index is 0.0837. The molecule has 0 aliphatic carbocycles. The minimum atomic E-state index is -0.225. The summed E-state index contributed by atoms with van der Waals surface area (Å²) in [6, 6.07) is 15.4. The van der Waals surface area contributed by atoms with E-state index in [1.165, 1.54) is 11.3 Å². The van der Waals surface area contributed by atoms with Gasteiger partial charge in [-0.2, -0.15) is 0 Å². The third-order valence-electron chi connectivity index (χ3n) is 6.08. The number of rotatable bonds is 8. The maximum atomic E-state index is 9.80. The first-order valence-electron chi connectivity index (χ1n) is 11.2. The lowest BCUT2D eigenvalue weighted by Gasteiger charge is -2.11. The van der Waals surface area contributed by atoms with Gasteiger partial charge in [-0.1, -0.05) is 0 Å². The van der Waals surface area contributed by atoms with Gasteiger partial charge in [-0.25, -0.2) is 9.97 Å². The normalized spacial score (nSPS) is 11.2. The number of aromatic nitrogens is 3. The Kier molecular flexibility index (Phi) is 6.71. The molecular weight excluding hydrogens is 478 g/mol. The summed E-state index contributed by atoms with van der Waals surface area (Å²) in [6.45, 7) is -0.513. The van der Waals surface area contributed by atoms with Crippen molar-refractivity contribution in [1.82, 2.24) is 14.5 Å². The topological polar surface area (TPSA) is 110 Å². The van der Waals surface area contributed by atoms with Crippen LogP contribution in [0.3, 0.4) is 0 Å². The lowest BCUT2D eigenvalue weighted by molar-refractivity contribution is 0.254. The first kappa shape index (κ1) is 24.0. The summed E-state index contributed by atoms with van der Waals surface area (Å²) >= 11 is 1.48. The molecule has 5 aromatic rings. The average molecular weight is 504 g/mol. The Balaban J connectivity index is 1.52. The van der Waals surface area contributed by atoms with Crippen LogP contribution in [0.25, 0.3) is 37.7 Å². The fourth-order valence-electron chi connectivity index (χ4n) is 4.28. The smallest absolute Gasteiger partial charge is 0.144 e. The van der Waals surface area contributed by atoms with Crippen molar-refractivity contribution in [3.63, 3.8) is 0 Å². The second kappa shape index (κ2) is 10.1. The standard InChI is InChI=1S/C27H25N3O5S/c1-34-21-8-16(12-31)7-18(9-21)24-11-28-15-30(24)20-5-3-17(4-6-20)27-29-23-10-19(13-32)22(14-33)25(35-2)26(23)36-27/h3-11,15,31-33H,12-14H2,1-2H3. The zero-order valence-corrected chi connectivity index (χ0v) is 20.6. The van der Waals surface area contributed by atoms with Gasteiger partial charge in [0.05, 0.1) is 62.5 Å². The molecule has 0 saturated heterocycles. The molecule has 0 bridgehead atoms. The number of hydrogen-bond acceptors (Lipinski definition) is 8. The summed E-state index contributed by atoms with van der Waals surface area (Å²) < 4.78 is 13.8. The molecule has 0 unspecified atom stereocenters. The highest BCUT2D eigenvalue weighted by Crippen LogP contribution is 2.40. The molecule has 0 aliphatic rings. The number of hydrogen-bond donors (Lipinski definition) is 3. The van der Waals surface area contributed by atoms with Gasteiger partial charge in [0.1, 0.15) is 16.5 Å². The number of fused-ring (bicyclic) bond motifs is 1. The van der Waals surface area contributed by atoms with Crippen molar-refractivity contribution in [1.29, 1.82) is 0 Å². The van der Waals surface area contributed by atoms with Crippen LogP contribution in [0.1, 0.15) is 16.7 Å². The van der Waals surface area contributed by atoms with Crippen LogP contribution in [0, 0.1) is 0 Å². The Labute approximate surface area is 211 Å². The van der Waals surface area contributed by atoms with E-state index in [2.05, 4.69) is 4.98 Å². The molecule has 9 heteroatoms. The van der Waals surface area contributed by atoms with Crippen molar-refractivity contribution < 1.29 is 24.8 Å². The maximum Gasteiger partial charge on any atom is 0.144 e. The number of methoxy groups -OCH3 is 2. The van der Waals surface area contributed by atoms with Crippen molar-refractivity contribution in [2.75, 3.05) is 14.2 Å². The molecule has 0 atom stereocenters. The van der Waals surface area contributed by atoms with E-state index < -0.39 is 0 Å². The van der Waals surface area contributed by atoms with Crippen molar-refractivity contribution in [3.05, 3.63) is 77.7 Å². The summed E-state index contributed by atoms with van der Waals surface area (Å²) in [5.74, 6) is 1.21. The third-order valence-corrected chi connectivity index (χ3v) is 7.20. The van der Waals surface area contributed by atoms with Gasteiger partial charge in [-0.15, -0.1) is 11.3 Å². The first-order chi connectivity index (χ1) is 17.6. The van der Waals surface area contributed by atoms with Crippen molar-refractivity contribution in [2.45, 2.75) is 19.8 Å². The number of aliphatic hydroxyl groups is 3. The van der Waals surface area contributed by atoms with Gasteiger partial charge >= 0.3 is 0 Å². The molecule has 2 heterocycles. The third kappa shape index (κ3) is 4.22. The van der Waals surface area contributed by atoms with E-state index >= 15 is 0 Å². The predicted octanol–water partition coefficient (Wildman–Crippen LogP) is 4.31. The van der Waals surface area contributed by atoms with Crippen LogP contribution in [0.5, 0.6) is 11.5 Å². The summed E-state index contributed by atoms with van der Waals surface area (Å²) in [4.78, 5) is 9.10. The van der Waals surface area contributed by atoms with Crippen molar-refractivity contribution in [3.8, 4) is 39.0 Å². The molecule has 3 N–H and O–H groups in total. The molecule has 0 amide bonds. The van der Waals surface area contributed by atoms with Gasteiger partial charge in [0, 0.05) is 22.4 Å². The number of ether oxygens (including phenoxy) is 2. The van der Waals surface area contributed by atoms with Crippen LogP contribution >= 0.6 is 11.3 Å². The number of benzene rings is 3. The molecule has 0 aliphatic heterocycles. The summed E-state index contributed by atoms with van der Waals surface area (Å²) in [6.07, 6.45) is 3.53. The van der Waals surface area contributed by atoms with Gasteiger partial charge in [0.2, 0.25) is 0 Å². The van der Waals surface area contributed by atoms with Crippen LogP contribution in [0.2, 0.25) is 0 Å². The zero-order chi connectivity index (χ0) is 25.2. The largest absolute Gasteiger partial charge is 0.497 e. The highest BCUT2D eigenvalue weighted by Gasteiger charge is 2.18. The quantitative estimate of drug-likeness (QED) is 0.289. The Hall–Kier alpha value is -3.76. The van der Waals surface area contributed by atoms with Gasteiger partial charge in [0.25, 0.3) is 0 Å². The summed E-state index contributed by atoms with van der Waals surface area (Å²) in [7, 11) is 3.15.